The molecule has 0 radical (unpaired) electrons. The Morgan fingerprint density at radius 2 is 2.40 bits per heavy atom. The van der Waals surface area contributed by atoms with Crippen LogP contribution in [0.2, 0.25) is 0 Å². The molecule has 1 aromatic rings. The van der Waals surface area contributed by atoms with Crippen molar-refractivity contribution in [2.45, 2.75) is 25.4 Å². The predicted molar refractivity (Wildman–Crippen MR) is 66.1 cm³/mol. The van der Waals surface area contributed by atoms with Crippen LogP contribution >= 0.6 is 27.3 Å². The van der Waals surface area contributed by atoms with E-state index in [0.29, 0.717) is 0 Å². The van der Waals surface area contributed by atoms with Gasteiger partial charge in [-0.2, -0.15) is 11.3 Å². The monoisotopic (exact) mass is 291 g/mol. The van der Waals surface area contributed by atoms with Crippen LogP contribution in [0.1, 0.15) is 25.3 Å². The number of nitrogens with one attached hydrogen (secondary N) is 1. The first-order valence-corrected chi connectivity index (χ1v) is 6.97. The highest BCUT2D eigenvalue weighted by molar-refractivity contribution is 9.10. The molecule has 0 amide bonds. The molecule has 15 heavy (non-hydrogen) atoms. The molecular weight excluding hydrogens is 277 g/mol. The molecule has 0 aliphatic carbocycles. The highest BCUT2D eigenvalue weighted by atomic mass is 79.9. The van der Waals surface area contributed by atoms with E-state index in [4.69, 9.17) is 0 Å². The van der Waals surface area contributed by atoms with Gasteiger partial charge in [-0.05, 0) is 47.6 Å². The second kappa shape index (κ2) is 4.52. The van der Waals surface area contributed by atoms with Gasteiger partial charge in [-0.1, -0.05) is 0 Å². The van der Waals surface area contributed by atoms with Crippen molar-refractivity contribution in [2.75, 3.05) is 13.1 Å². The zero-order valence-electron chi connectivity index (χ0n) is 8.72. The Hall–Kier alpha value is 0.0700. The van der Waals surface area contributed by atoms with Crippen LogP contribution in [0.15, 0.2) is 15.2 Å². The molecule has 4 heteroatoms. The van der Waals surface area contributed by atoms with E-state index in [1.54, 1.807) is 18.3 Å². The molecule has 2 heterocycles. The number of halogens is 2. The maximum absolute atomic E-state index is 14.7. The zero-order valence-corrected chi connectivity index (χ0v) is 11.1. The van der Waals surface area contributed by atoms with Crippen LogP contribution < -0.4 is 5.32 Å². The molecular formula is C11H15BrFNS. The predicted octanol–water partition coefficient (Wildman–Crippen LogP) is 3.69. The fourth-order valence-corrected chi connectivity index (χ4v) is 3.95. The highest BCUT2D eigenvalue weighted by Crippen LogP contribution is 2.42. The Morgan fingerprint density at radius 1 is 1.60 bits per heavy atom. The van der Waals surface area contributed by atoms with Gasteiger partial charge in [0.1, 0.15) is 5.67 Å². The Balaban J connectivity index is 2.21. The lowest BCUT2D eigenvalue weighted by Gasteiger charge is -2.33. The van der Waals surface area contributed by atoms with Gasteiger partial charge in [-0.3, -0.25) is 0 Å². The van der Waals surface area contributed by atoms with Crippen molar-refractivity contribution in [3.05, 3.63) is 20.8 Å². The van der Waals surface area contributed by atoms with Crippen LogP contribution in [0.5, 0.6) is 0 Å². The topological polar surface area (TPSA) is 12.0 Å². The summed E-state index contributed by atoms with van der Waals surface area (Å²) >= 11 is 4.97. The van der Waals surface area contributed by atoms with E-state index < -0.39 is 5.67 Å². The van der Waals surface area contributed by atoms with Crippen LogP contribution in [0.4, 0.5) is 4.39 Å². The SMILES string of the molecule is CC(F)(c1cscc1Br)C1CCCNC1. The molecule has 1 aromatic heterocycles. The van der Waals surface area contributed by atoms with Crippen molar-refractivity contribution in [1.29, 1.82) is 0 Å². The molecule has 0 saturated carbocycles. The first-order chi connectivity index (χ1) is 7.12. The third-order valence-electron chi connectivity index (χ3n) is 3.20. The van der Waals surface area contributed by atoms with E-state index in [9.17, 15) is 4.39 Å². The first kappa shape index (κ1) is 11.6. The Kier molecular flexibility index (Phi) is 3.48. The first-order valence-electron chi connectivity index (χ1n) is 5.24. The van der Waals surface area contributed by atoms with Gasteiger partial charge in [-0.25, -0.2) is 4.39 Å². The van der Waals surface area contributed by atoms with Crippen molar-refractivity contribution in [3.63, 3.8) is 0 Å². The summed E-state index contributed by atoms with van der Waals surface area (Å²) in [6.07, 6.45) is 2.05. The minimum absolute atomic E-state index is 0.0946. The molecule has 1 saturated heterocycles. The molecule has 1 fully saturated rings. The standard InChI is InChI=1S/C11H15BrFNS/c1-11(13,8-3-2-4-14-5-8)9-6-15-7-10(9)12/h6-8,14H,2-5H2,1H3. The van der Waals surface area contributed by atoms with E-state index >= 15 is 0 Å². The summed E-state index contributed by atoms with van der Waals surface area (Å²) in [5.41, 5.74) is -0.409. The lowest BCUT2D eigenvalue weighted by atomic mass is 9.81. The largest absolute Gasteiger partial charge is 0.316 e. The summed E-state index contributed by atoms with van der Waals surface area (Å²) in [5.74, 6) is 0.0946. The number of rotatable bonds is 2. The summed E-state index contributed by atoms with van der Waals surface area (Å²) in [5, 5.41) is 7.13. The average Bonchev–Trinajstić information content (AvgIpc) is 2.66. The second-order valence-electron chi connectivity index (χ2n) is 4.25. The quantitative estimate of drug-likeness (QED) is 0.876. The van der Waals surface area contributed by atoms with Crippen molar-refractivity contribution >= 4 is 27.3 Å². The summed E-state index contributed by atoms with van der Waals surface area (Å²) in [7, 11) is 0. The molecule has 0 aromatic carbocycles. The Labute approximate surface area is 102 Å². The molecule has 1 aliphatic heterocycles. The maximum Gasteiger partial charge on any atom is 0.139 e. The lowest BCUT2D eigenvalue weighted by molar-refractivity contribution is 0.0809. The summed E-state index contributed by atoms with van der Waals surface area (Å²) in [4.78, 5) is 0. The van der Waals surface area contributed by atoms with E-state index in [0.717, 1.165) is 36.0 Å². The molecule has 84 valence electrons. The fourth-order valence-electron chi connectivity index (χ4n) is 2.16. The lowest BCUT2D eigenvalue weighted by Crippen LogP contribution is -2.39. The van der Waals surface area contributed by atoms with Crippen molar-refractivity contribution < 1.29 is 4.39 Å². The number of hydrogen-bond donors (Lipinski definition) is 1. The second-order valence-corrected chi connectivity index (χ2v) is 5.85. The molecule has 1 aliphatic rings. The van der Waals surface area contributed by atoms with Gasteiger partial charge in [0, 0.05) is 27.9 Å². The highest BCUT2D eigenvalue weighted by Gasteiger charge is 2.38. The zero-order chi connectivity index (χ0) is 10.9. The van der Waals surface area contributed by atoms with Gasteiger partial charge < -0.3 is 5.32 Å². The smallest absolute Gasteiger partial charge is 0.139 e. The van der Waals surface area contributed by atoms with Gasteiger partial charge in [-0.15, -0.1) is 0 Å². The molecule has 1 N–H and O–H groups in total. The molecule has 2 rings (SSSR count). The number of hydrogen-bond acceptors (Lipinski definition) is 2. The summed E-state index contributed by atoms with van der Waals surface area (Å²) in [6.45, 7) is 3.52. The van der Waals surface area contributed by atoms with Crippen LogP contribution in [0.3, 0.4) is 0 Å². The van der Waals surface area contributed by atoms with Crippen molar-refractivity contribution in [3.8, 4) is 0 Å². The van der Waals surface area contributed by atoms with Crippen molar-refractivity contribution in [1.82, 2.24) is 5.32 Å². The number of piperidine rings is 1. The maximum atomic E-state index is 14.7. The van der Waals surface area contributed by atoms with Gasteiger partial charge in [0.05, 0.1) is 0 Å². The van der Waals surface area contributed by atoms with Crippen LogP contribution in [0.25, 0.3) is 0 Å². The Morgan fingerprint density at radius 3 is 2.93 bits per heavy atom. The summed E-state index contributed by atoms with van der Waals surface area (Å²) < 4.78 is 15.6. The van der Waals surface area contributed by atoms with Gasteiger partial charge in [0.15, 0.2) is 0 Å². The minimum Gasteiger partial charge on any atom is -0.316 e. The van der Waals surface area contributed by atoms with E-state index in [1.807, 2.05) is 10.8 Å². The minimum atomic E-state index is -1.22. The van der Waals surface area contributed by atoms with Gasteiger partial charge >= 0.3 is 0 Å². The molecule has 2 unspecified atom stereocenters. The average molecular weight is 292 g/mol. The van der Waals surface area contributed by atoms with E-state index in [2.05, 4.69) is 21.2 Å². The third-order valence-corrected chi connectivity index (χ3v) is 4.91. The number of alkyl halides is 1. The molecule has 0 bridgehead atoms. The van der Waals surface area contributed by atoms with E-state index in [-0.39, 0.29) is 5.92 Å². The van der Waals surface area contributed by atoms with Gasteiger partial charge in [0.2, 0.25) is 0 Å². The van der Waals surface area contributed by atoms with Crippen LogP contribution in [0, 0.1) is 5.92 Å². The molecule has 2 atom stereocenters. The normalized spacial score (nSPS) is 26.2. The van der Waals surface area contributed by atoms with Gasteiger partial charge in [0.25, 0.3) is 0 Å². The Bertz CT molecular complexity index is 331. The third kappa shape index (κ3) is 2.27. The van der Waals surface area contributed by atoms with Crippen LogP contribution in [-0.2, 0) is 5.67 Å². The number of thiophene rings is 1. The molecule has 1 nitrogen and oxygen atoms in total. The van der Waals surface area contributed by atoms with Crippen LogP contribution in [-0.4, -0.2) is 13.1 Å². The van der Waals surface area contributed by atoms with Crippen molar-refractivity contribution in [2.24, 2.45) is 5.92 Å². The molecule has 0 spiro atoms. The fraction of sp³-hybridized carbons (Fsp3) is 0.636. The van der Waals surface area contributed by atoms with E-state index in [1.165, 1.54) is 0 Å². The summed E-state index contributed by atoms with van der Waals surface area (Å²) in [6, 6.07) is 0.